The molecule has 104 valence electrons. The molecule has 6 heteroatoms. The first-order valence-electron chi connectivity index (χ1n) is 6.04. The van der Waals surface area contributed by atoms with Crippen molar-refractivity contribution in [2.24, 2.45) is 14.1 Å². The molecule has 0 amide bonds. The second-order valence-electron chi connectivity index (χ2n) is 4.50. The highest BCUT2D eigenvalue weighted by molar-refractivity contribution is 5.47. The third-order valence-corrected chi connectivity index (χ3v) is 3.17. The Hall–Kier alpha value is -2.63. The predicted molar refractivity (Wildman–Crippen MR) is 76.8 cm³/mol. The third kappa shape index (κ3) is 2.27. The highest BCUT2D eigenvalue weighted by Crippen LogP contribution is 2.05. The van der Waals surface area contributed by atoms with Crippen molar-refractivity contribution in [3.8, 4) is 0 Å². The average Bonchev–Trinajstić information content (AvgIpc) is 2.48. The van der Waals surface area contributed by atoms with E-state index in [1.165, 1.54) is 14.1 Å². The largest absolute Gasteiger partial charge is 0.336 e. The second-order valence-corrected chi connectivity index (χ2v) is 4.50. The van der Waals surface area contributed by atoms with Gasteiger partial charge >= 0.3 is 17.1 Å². The van der Waals surface area contributed by atoms with E-state index in [1.54, 1.807) is 6.08 Å². The first-order valence-corrected chi connectivity index (χ1v) is 6.04. The molecular formula is C14H15N3O3. The molecular weight excluding hydrogens is 258 g/mol. The van der Waals surface area contributed by atoms with E-state index >= 15 is 0 Å². The first-order chi connectivity index (χ1) is 9.45. The van der Waals surface area contributed by atoms with Crippen molar-refractivity contribution in [1.82, 2.24) is 13.7 Å². The maximum atomic E-state index is 12.0. The Morgan fingerprint density at radius 2 is 1.45 bits per heavy atom. The molecule has 0 atom stereocenters. The van der Waals surface area contributed by atoms with E-state index in [0.29, 0.717) is 0 Å². The zero-order valence-electron chi connectivity index (χ0n) is 11.4. The summed E-state index contributed by atoms with van der Waals surface area (Å²) in [4.78, 5) is 35.6. The predicted octanol–water partition coefficient (Wildman–Crippen LogP) is -0.0630. The van der Waals surface area contributed by atoms with Gasteiger partial charge in [-0.05, 0) is 11.1 Å². The van der Waals surface area contributed by atoms with Gasteiger partial charge in [-0.25, -0.2) is 28.1 Å². The molecule has 0 bridgehead atoms. The lowest BCUT2D eigenvalue weighted by atomic mass is 10.1. The molecule has 20 heavy (non-hydrogen) atoms. The van der Waals surface area contributed by atoms with E-state index in [2.05, 4.69) is 6.58 Å². The number of rotatable bonds is 3. The Bertz CT molecular complexity index is 782. The Balaban J connectivity index is 2.54. The summed E-state index contributed by atoms with van der Waals surface area (Å²) in [6, 6.07) is 7.32. The molecule has 1 aromatic heterocycles. The SMILES string of the molecule is C=Cc1ccc(Cn2c(=O)n(C)c(=O)n(C)c2=O)cc1. The van der Waals surface area contributed by atoms with Crippen LogP contribution in [0.25, 0.3) is 6.08 Å². The first kappa shape index (κ1) is 13.8. The molecule has 0 fully saturated rings. The summed E-state index contributed by atoms with van der Waals surface area (Å²) in [5.74, 6) is 0. The summed E-state index contributed by atoms with van der Waals surface area (Å²) in [5, 5.41) is 0. The quantitative estimate of drug-likeness (QED) is 0.786. The second kappa shape index (κ2) is 5.16. The lowest BCUT2D eigenvalue weighted by Crippen LogP contribution is -2.52. The van der Waals surface area contributed by atoms with Crippen LogP contribution in [0.5, 0.6) is 0 Å². The Morgan fingerprint density at radius 1 is 0.950 bits per heavy atom. The molecule has 2 aromatic rings. The minimum Gasteiger partial charge on any atom is -0.248 e. The summed E-state index contributed by atoms with van der Waals surface area (Å²) >= 11 is 0. The van der Waals surface area contributed by atoms with Gasteiger partial charge in [-0.15, -0.1) is 0 Å². The van der Waals surface area contributed by atoms with Crippen LogP contribution in [0.15, 0.2) is 45.2 Å². The van der Waals surface area contributed by atoms with Crippen LogP contribution in [-0.2, 0) is 20.6 Å². The maximum absolute atomic E-state index is 12.0. The van der Waals surface area contributed by atoms with E-state index < -0.39 is 17.1 Å². The standard InChI is InChI=1S/C14H15N3O3/c1-4-10-5-7-11(8-6-10)9-17-13(19)15(2)12(18)16(3)14(17)20/h4-8H,1,9H2,2-3H3. The van der Waals surface area contributed by atoms with Crippen molar-refractivity contribution >= 4 is 6.08 Å². The summed E-state index contributed by atoms with van der Waals surface area (Å²) in [7, 11) is 2.70. The molecule has 0 radical (unpaired) electrons. The molecule has 0 unspecified atom stereocenters. The van der Waals surface area contributed by atoms with Crippen molar-refractivity contribution < 1.29 is 0 Å². The van der Waals surface area contributed by atoms with Gasteiger partial charge in [0.25, 0.3) is 0 Å². The highest BCUT2D eigenvalue weighted by Gasteiger charge is 2.10. The van der Waals surface area contributed by atoms with Crippen molar-refractivity contribution in [2.45, 2.75) is 6.54 Å². The summed E-state index contributed by atoms with van der Waals surface area (Å²) < 4.78 is 2.86. The van der Waals surface area contributed by atoms with Crippen LogP contribution >= 0.6 is 0 Å². The number of hydrogen-bond acceptors (Lipinski definition) is 3. The van der Waals surface area contributed by atoms with Crippen LogP contribution in [0.1, 0.15) is 11.1 Å². The lowest BCUT2D eigenvalue weighted by Gasteiger charge is -2.09. The molecule has 0 aliphatic heterocycles. The minimum absolute atomic E-state index is 0.122. The Labute approximate surface area is 114 Å². The van der Waals surface area contributed by atoms with E-state index in [-0.39, 0.29) is 6.54 Å². The highest BCUT2D eigenvalue weighted by atomic mass is 16.2. The van der Waals surface area contributed by atoms with Crippen LogP contribution in [-0.4, -0.2) is 13.7 Å². The number of aromatic nitrogens is 3. The van der Waals surface area contributed by atoms with Crippen LogP contribution in [0, 0.1) is 0 Å². The topological polar surface area (TPSA) is 66.0 Å². The van der Waals surface area contributed by atoms with Crippen molar-refractivity contribution in [1.29, 1.82) is 0 Å². The van der Waals surface area contributed by atoms with E-state index in [0.717, 1.165) is 24.8 Å². The fraction of sp³-hybridized carbons (Fsp3) is 0.214. The summed E-state index contributed by atoms with van der Waals surface area (Å²) in [6.07, 6.45) is 1.71. The van der Waals surface area contributed by atoms with Gasteiger partial charge in [-0.1, -0.05) is 36.9 Å². The van der Waals surface area contributed by atoms with Gasteiger partial charge in [0, 0.05) is 14.1 Å². The minimum atomic E-state index is -0.627. The Kier molecular flexibility index (Phi) is 3.56. The van der Waals surface area contributed by atoms with Crippen molar-refractivity contribution in [3.63, 3.8) is 0 Å². The van der Waals surface area contributed by atoms with Crippen molar-refractivity contribution in [2.75, 3.05) is 0 Å². The van der Waals surface area contributed by atoms with Gasteiger partial charge in [0.05, 0.1) is 6.54 Å². The zero-order chi connectivity index (χ0) is 14.9. The molecule has 1 heterocycles. The molecule has 6 nitrogen and oxygen atoms in total. The lowest BCUT2D eigenvalue weighted by molar-refractivity contribution is 0.528. The molecule has 0 saturated carbocycles. The van der Waals surface area contributed by atoms with E-state index in [1.807, 2.05) is 24.3 Å². The fourth-order valence-corrected chi connectivity index (χ4v) is 1.91. The number of hydrogen-bond donors (Lipinski definition) is 0. The number of benzene rings is 1. The van der Waals surface area contributed by atoms with Crippen LogP contribution in [0.2, 0.25) is 0 Å². The van der Waals surface area contributed by atoms with Gasteiger partial charge in [-0.3, -0.25) is 0 Å². The summed E-state index contributed by atoms with van der Waals surface area (Å²) in [6.45, 7) is 3.78. The van der Waals surface area contributed by atoms with Crippen molar-refractivity contribution in [3.05, 3.63) is 73.4 Å². The van der Waals surface area contributed by atoms with Crippen LogP contribution in [0.3, 0.4) is 0 Å². The van der Waals surface area contributed by atoms with Crippen LogP contribution < -0.4 is 17.1 Å². The molecule has 0 aliphatic rings. The third-order valence-electron chi connectivity index (χ3n) is 3.17. The molecule has 0 spiro atoms. The smallest absolute Gasteiger partial charge is 0.248 e. The normalized spacial score (nSPS) is 10.5. The zero-order valence-corrected chi connectivity index (χ0v) is 11.4. The molecule has 2 rings (SSSR count). The Morgan fingerprint density at radius 3 is 1.90 bits per heavy atom. The van der Waals surface area contributed by atoms with E-state index in [9.17, 15) is 14.4 Å². The van der Waals surface area contributed by atoms with Crippen LogP contribution in [0.4, 0.5) is 0 Å². The summed E-state index contributed by atoms with van der Waals surface area (Å²) in [5.41, 5.74) is -0.113. The van der Waals surface area contributed by atoms with E-state index in [4.69, 9.17) is 0 Å². The fourth-order valence-electron chi connectivity index (χ4n) is 1.91. The molecule has 1 aromatic carbocycles. The monoisotopic (exact) mass is 273 g/mol. The van der Waals surface area contributed by atoms with Gasteiger partial charge in [-0.2, -0.15) is 0 Å². The average molecular weight is 273 g/mol. The number of nitrogens with zero attached hydrogens (tertiary/aromatic N) is 3. The maximum Gasteiger partial charge on any atom is 0.336 e. The molecule has 0 N–H and O–H groups in total. The van der Waals surface area contributed by atoms with Gasteiger partial charge < -0.3 is 0 Å². The van der Waals surface area contributed by atoms with Gasteiger partial charge in [0.1, 0.15) is 0 Å². The van der Waals surface area contributed by atoms with Gasteiger partial charge in [0.2, 0.25) is 0 Å². The molecule has 0 aliphatic carbocycles. The molecule has 0 saturated heterocycles. The van der Waals surface area contributed by atoms with Gasteiger partial charge in [0.15, 0.2) is 0 Å².